The topological polar surface area (TPSA) is 8.17 Å². The lowest BCUT2D eigenvalue weighted by Crippen LogP contribution is -2.36. The second-order valence-corrected chi connectivity index (χ2v) is 25.6. The van der Waals surface area contributed by atoms with Crippen LogP contribution in [0.25, 0.3) is 55.5 Å². The fourth-order valence-electron chi connectivity index (χ4n) is 10.2. The van der Waals surface area contributed by atoms with Crippen molar-refractivity contribution in [1.82, 2.24) is 4.57 Å². The summed E-state index contributed by atoms with van der Waals surface area (Å²) in [7, 11) is -2.38. The van der Waals surface area contributed by atoms with Crippen LogP contribution in [0.3, 0.4) is 0 Å². The van der Waals surface area contributed by atoms with Crippen LogP contribution < -0.4 is 4.90 Å². The molecule has 0 radical (unpaired) electrons. The average Bonchev–Trinajstić information content (AvgIpc) is 3.68. The van der Waals surface area contributed by atoms with Gasteiger partial charge < -0.3 is 9.47 Å². The van der Waals surface area contributed by atoms with Crippen LogP contribution in [0.15, 0.2) is 152 Å². The third-order valence-electron chi connectivity index (χ3n) is 12.1. The van der Waals surface area contributed by atoms with Crippen molar-refractivity contribution in [3.05, 3.63) is 174 Å². The van der Waals surface area contributed by atoms with Crippen LogP contribution in [0.2, 0.25) is 0 Å². The van der Waals surface area contributed by atoms with Gasteiger partial charge in [-0.2, -0.15) is 0 Å². The molecule has 10 rings (SSSR count). The molecule has 0 spiro atoms. The Bertz CT molecular complexity index is 2760. The van der Waals surface area contributed by atoms with Gasteiger partial charge in [-0.25, -0.2) is 20.1 Å². The first kappa shape index (κ1) is 34.3. The molecule has 1 aromatic heterocycles. The summed E-state index contributed by atoms with van der Waals surface area (Å²) in [6.07, 6.45) is 22.3. The summed E-state index contributed by atoms with van der Waals surface area (Å²) >= 11 is 0. The Balaban J connectivity index is 1.24. The number of hydrogen-bond donors (Lipinski definition) is 0. The van der Waals surface area contributed by atoms with Gasteiger partial charge in [0, 0.05) is 27.8 Å². The van der Waals surface area contributed by atoms with Crippen LogP contribution in [-0.4, -0.2) is 42.1 Å². The Morgan fingerprint density at radius 2 is 1.13 bits per heavy atom. The zero-order valence-electron chi connectivity index (χ0n) is 32.6. The first-order chi connectivity index (χ1) is 26.6. The summed E-state index contributed by atoms with van der Waals surface area (Å²) in [5.74, 6) is 0. The smallest absolute Gasteiger partial charge is 0.0812 e. The quantitative estimate of drug-likeness (QED) is 0.164. The zero-order valence-corrected chi connectivity index (χ0v) is 34.3. The molecule has 4 heteroatoms. The van der Waals surface area contributed by atoms with E-state index in [0.717, 1.165) is 12.8 Å². The van der Waals surface area contributed by atoms with E-state index in [-0.39, 0.29) is 4.08 Å². The highest BCUT2D eigenvalue weighted by Gasteiger charge is 2.55. The largest absolute Gasteiger partial charge is 0.310 e. The molecule has 2 nitrogen and oxygen atoms in total. The highest BCUT2D eigenvalue weighted by atomic mass is 32.3. The SMILES string of the molecule is CS(C)(C)C1(S(C)(C)C)c2cc3ccccc3cc2-c2c1cc(N(c1ccccc1)c1ccc(-n3c4ccccc4c4ccccc43)cc1)c1c2C=CCC1. The van der Waals surface area contributed by atoms with E-state index in [1.165, 1.54) is 88.7 Å². The normalized spacial score (nSPS) is 15.2. The first-order valence-corrected chi connectivity index (χ1v) is 25.0. The highest BCUT2D eigenvalue weighted by molar-refractivity contribution is 8.48. The van der Waals surface area contributed by atoms with Gasteiger partial charge in [-0.3, -0.25) is 0 Å². The van der Waals surface area contributed by atoms with Gasteiger partial charge >= 0.3 is 0 Å². The van der Waals surface area contributed by atoms with Crippen molar-refractivity contribution >= 4 is 75.8 Å². The fourth-order valence-corrected chi connectivity index (χ4v) is 19.5. The van der Waals surface area contributed by atoms with E-state index in [4.69, 9.17) is 0 Å². The minimum atomic E-state index is -1.19. The lowest BCUT2D eigenvalue weighted by Gasteiger charge is -2.58. The molecule has 55 heavy (non-hydrogen) atoms. The molecule has 2 aliphatic rings. The molecule has 0 unspecified atom stereocenters. The molecule has 8 aromatic rings. The molecule has 0 aliphatic heterocycles. The minimum Gasteiger partial charge on any atom is -0.310 e. The third-order valence-corrected chi connectivity index (χ3v) is 19.4. The van der Waals surface area contributed by atoms with Crippen LogP contribution in [-0.2, 0) is 10.5 Å². The highest BCUT2D eigenvalue weighted by Crippen LogP contribution is 2.80. The van der Waals surface area contributed by atoms with Crippen LogP contribution in [0.4, 0.5) is 17.1 Å². The van der Waals surface area contributed by atoms with Crippen LogP contribution >= 0.6 is 20.1 Å². The average molecular weight is 753 g/mol. The number of hydrogen-bond acceptors (Lipinski definition) is 1. The Kier molecular flexibility index (Phi) is 7.76. The van der Waals surface area contributed by atoms with E-state index >= 15 is 0 Å². The lowest BCUT2D eigenvalue weighted by atomic mass is 9.87. The van der Waals surface area contributed by atoms with Gasteiger partial charge in [0.25, 0.3) is 0 Å². The van der Waals surface area contributed by atoms with Crippen molar-refractivity contribution in [1.29, 1.82) is 0 Å². The maximum absolute atomic E-state index is 2.66. The predicted molar refractivity (Wildman–Crippen MR) is 247 cm³/mol. The summed E-state index contributed by atoms with van der Waals surface area (Å²) < 4.78 is 2.32. The second-order valence-electron chi connectivity index (χ2n) is 16.7. The molecule has 0 bridgehead atoms. The maximum atomic E-state index is 2.66. The molecule has 0 fully saturated rings. The molecular formula is C51H48N2S2. The number of anilines is 3. The van der Waals surface area contributed by atoms with Gasteiger partial charge in [-0.05, 0) is 161 Å². The molecule has 0 atom stereocenters. The van der Waals surface area contributed by atoms with Gasteiger partial charge in [-0.1, -0.05) is 91.0 Å². The molecule has 2 aliphatic carbocycles. The number of nitrogens with zero attached hydrogens (tertiary/aromatic N) is 2. The summed E-state index contributed by atoms with van der Waals surface area (Å²) in [6, 6.07) is 54.6. The lowest BCUT2D eigenvalue weighted by molar-refractivity contribution is 0.974. The Morgan fingerprint density at radius 3 is 1.76 bits per heavy atom. The predicted octanol–water partition coefficient (Wildman–Crippen LogP) is 13.9. The monoisotopic (exact) mass is 752 g/mol. The van der Waals surface area contributed by atoms with Gasteiger partial charge in [0.1, 0.15) is 0 Å². The van der Waals surface area contributed by atoms with E-state index in [0.29, 0.717) is 0 Å². The molecule has 1 heterocycles. The van der Waals surface area contributed by atoms with Crippen molar-refractivity contribution in [2.24, 2.45) is 0 Å². The van der Waals surface area contributed by atoms with E-state index in [1.807, 2.05) is 0 Å². The number of fused-ring (bicyclic) bond motifs is 9. The molecule has 0 saturated heterocycles. The standard InChI is InChI=1S/C51H48N2S2/c1-54(2,3)51(55(4,5)6)45-33-36-19-11-10-18-35(36)32-44(45)50-43-25-13-12-24-42(43)49(34-46(50)51)52(37-20-8-7-9-21-37)38-28-30-39(31-29-38)53-47-26-16-14-22-40(47)41-23-15-17-27-48(41)53/h7-11,13-23,25-34H,12,24H2,1-6H3. The van der Waals surface area contributed by atoms with Crippen molar-refractivity contribution in [3.63, 3.8) is 0 Å². The Hall–Kier alpha value is -5.16. The van der Waals surface area contributed by atoms with Crippen LogP contribution in [0.1, 0.15) is 28.7 Å². The van der Waals surface area contributed by atoms with Crippen LogP contribution in [0, 0.1) is 0 Å². The zero-order chi connectivity index (χ0) is 37.7. The van der Waals surface area contributed by atoms with Gasteiger partial charge in [0.2, 0.25) is 0 Å². The van der Waals surface area contributed by atoms with Gasteiger partial charge in [0.05, 0.1) is 20.8 Å². The maximum Gasteiger partial charge on any atom is 0.0812 e. The number of rotatable bonds is 6. The fraction of sp³-hybridized carbons (Fsp3) is 0.176. The first-order valence-electron chi connectivity index (χ1n) is 19.3. The van der Waals surface area contributed by atoms with E-state index in [9.17, 15) is 0 Å². The molecular weight excluding hydrogens is 705 g/mol. The summed E-state index contributed by atoms with van der Waals surface area (Å²) in [4.78, 5) is 2.55. The number of allylic oxidation sites excluding steroid dienone is 1. The minimum absolute atomic E-state index is 0.0908. The molecule has 0 saturated carbocycles. The number of benzene rings is 7. The van der Waals surface area contributed by atoms with Gasteiger partial charge in [0.15, 0.2) is 0 Å². The van der Waals surface area contributed by atoms with E-state index in [1.54, 1.807) is 0 Å². The Morgan fingerprint density at radius 1 is 0.564 bits per heavy atom. The third kappa shape index (κ3) is 4.97. The molecule has 0 N–H and O–H groups in total. The van der Waals surface area contributed by atoms with E-state index in [2.05, 4.69) is 205 Å². The van der Waals surface area contributed by atoms with Crippen molar-refractivity contribution in [3.8, 4) is 16.8 Å². The van der Waals surface area contributed by atoms with Crippen LogP contribution in [0.5, 0.6) is 0 Å². The van der Waals surface area contributed by atoms with Crippen molar-refractivity contribution in [2.75, 3.05) is 42.4 Å². The Labute approximate surface area is 328 Å². The molecule has 274 valence electrons. The summed E-state index contributed by atoms with van der Waals surface area (Å²) in [5.41, 5.74) is 16.1. The number of para-hydroxylation sites is 3. The van der Waals surface area contributed by atoms with Crippen molar-refractivity contribution < 1.29 is 0 Å². The molecule has 0 amide bonds. The van der Waals surface area contributed by atoms with Crippen molar-refractivity contribution in [2.45, 2.75) is 16.9 Å². The second kappa shape index (κ2) is 12.4. The molecule has 7 aromatic carbocycles. The van der Waals surface area contributed by atoms with E-state index < -0.39 is 20.1 Å². The summed E-state index contributed by atoms with van der Waals surface area (Å²) in [5, 5.41) is 5.22. The summed E-state index contributed by atoms with van der Waals surface area (Å²) in [6.45, 7) is 0. The van der Waals surface area contributed by atoms with Gasteiger partial charge in [-0.15, -0.1) is 0 Å². The number of aromatic nitrogens is 1.